The van der Waals surface area contributed by atoms with E-state index in [0.29, 0.717) is 68.7 Å². The van der Waals surface area contributed by atoms with Crippen LogP contribution in [0.3, 0.4) is 0 Å². The van der Waals surface area contributed by atoms with Gasteiger partial charge in [-0.25, -0.2) is 9.78 Å². The van der Waals surface area contributed by atoms with Crippen molar-refractivity contribution < 1.29 is 23.1 Å². The van der Waals surface area contributed by atoms with Crippen LogP contribution >= 0.6 is 0 Å². The Balaban J connectivity index is 1.19. The SMILES string of the molecule is CCCc1nc(CN2CCN(c3cccc(C(F)(F)F)c3)CC2)c(C(=O)O)n1Cc1ccc(-c2ccccc2-c2nn[nH]n2)cc1. The third kappa shape index (κ3) is 6.64. The summed E-state index contributed by atoms with van der Waals surface area (Å²) in [5.41, 5.74) is 4.20. The van der Waals surface area contributed by atoms with Gasteiger partial charge in [-0.3, -0.25) is 4.90 Å². The summed E-state index contributed by atoms with van der Waals surface area (Å²) in [5, 5.41) is 24.7. The van der Waals surface area contributed by atoms with Gasteiger partial charge < -0.3 is 14.6 Å². The van der Waals surface area contributed by atoms with E-state index in [-0.39, 0.29) is 5.69 Å². The lowest BCUT2D eigenvalue weighted by Gasteiger charge is -2.36. The van der Waals surface area contributed by atoms with Crippen LogP contribution < -0.4 is 4.90 Å². The van der Waals surface area contributed by atoms with Crippen LogP contribution in [0.25, 0.3) is 22.5 Å². The van der Waals surface area contributed by atoms with Gasteiger partial charge in [0.25, 0.3) is 0 Å². The molecule has 1 fully saturated rings. The molecule has 1 saturated heterocycles. The molecule has 1 aliphatic heterocycles. The van der Waals surface area contributed by atoms with Gasteiger partial charge in [-0.05, 0) is 46.5 Å². The molecule has 0 spiro atoms. The molecule has 5 aromatic rings. The summed E-state index contributed by atoms with van der Waals surface area (Å²) in [6.45, 7) is 4.90. The molecule has 13 heteroatoms. The van der Waals surface area contributed by atoms with Crippen LogP contribution in [-0.2, 0) is 25.7 Å². The second-order valence-electron chi connectivity index (χ2n) is 11.3. The van der Waals surface area contributed by atoms with E-state index in [2.05, 4.69) is 25.5 Å². The van der Waals surface area contributed by atoms with E-state index in [9.17, 15) is 23.1 Å². The number of benzene rings is 3. The lowest BCUT2D eigenvalue weighted by molar-refractivity contribution is -0.137. The maximum absolute atomic E-state index is 13.2. The zero-order valence-electron chi connectivity index (χ0n) is 25.2. The first-order valence-corrected chi connectivity index (χ1v) is 15.1. The Labute approximate surface area is 263 Å². The Kier molecular flexibility index (Phi) is 8.84. The number of hydrogen-bond donors (Lipinski definition) is 2. The Morgan fingerprint density at radius 1 is 0.935 bits per heavy atom. The number of carboxylic acids is 1. The van der Waals surface area contributed by atoms with Crippen LogP contribution in [0.2, 0.25) is 0 Å². The number of aromatic nitrogens is 6. The number of nitrogens with one attached hydrogen (secondary N) is 1. The molecule has 0 saturated carbocycles. The normalized spacial score (nSPS) is 14.1. The highest BCUT2D eigenvalue weighted by Crippen LogP contribution is 2.33. The molecule has 10 nitrogen and oxygen atoms in total. The molecule has 0 unspecified atom stereocenters. The summed E-state index contributed by atoms with van der Waals surface area (Å²) < 4.78 is 41.5. The summed E-state index contributed by atoms with van der Waals surface area (Å²) in [6.07, 6.45) is -2.97. The number of alkyl halides is 3. The monoisotopic (exact) mass is 630 g/mol. The number of anilines is 1. The second-order valence-corrected chi connectivity index (χ2v) is 11.3. The first-order chi connectivity index (χ1) is 22.2. The molecule has 1 aliphatic rings. The van der Waals surface area contributed by atoms with Gasteiger partial charge in [-0.15, -0.1) is 10.2 Å². The maximum Gasteiger partial charge on any atom is 0.416 e. The van der Waals surface area contributed by atoms with Gasteiger partial charge in [0.2, 0.25) is 5.82 Å². The number of carboxylic acid groups (broad SMARTS) is 1. The molecule has 0 amide bonds. The smallest absolute Gasteiger partial charge is 0.416 e. The van der Waals surface area contributed by atoms with Crippen LogP contribution in [0, 0.1) is 0 Å². The quantitative estimate of drug-likeness (QED) is 0.200. The van der Waals surface area contributed by atoms with Crippen LogP contribution in [0.5, 0.6) is 0 Å². The summed E-state index contributed by atoms with van der Waals surface area (Å²) in [7, 11) is 0. The number of aromatic carboxylic acids is 1. The summed E-state index contributed by atoms with van der Waals surface area (Å²) in [4.78, 5) is 21.5. The third-order valence-electron chi connectivity index (χ3n) is 8.20. The topological polar surface area (TPSA) is 116 Å². The fraction of sp³-hybridized carbons (Fsp3) is 0.303. The number of rotatable bonds is 10. The Morgan fingerprint density at radius 3 is 2.33 bits per heavy atom. The summed E-state index contributed by atoms with van der Waals surface area (Å²) in [6, 6.07) is 21.1. The number of piperazine rings is 1. The molecular formula is C33H33F3N8O2. The highest BCUT2D eigenvalue weighted by atomic mass is 19.4. The van der Waals surface area contributed by atoms with Crippen molar-refractivity contribution in [3.05, 3.63) is 101 Å². The minimum absolute atomic E-state index is 0.162. The zero-order valence-corrected chi connectivity index (χ0v) is 25.2. The fourth-order valence-electron chi connectivity index (χ4n) is 5.92. The number of nitrogens with zero attached hydrogens (tertiary/aromatic N) is 7. The Morgan fingerprint density at radius 2 is 1.67 bits per heavy atom. The predicted octanol–water partition coefficient (Wildman–Crippen LogP) is 5.77. The highest BCUT2D eigenvalue weighted by Gasteiger charge is 2.31. The van der Waals surface area contributed by atoms with Crippen LogP contribution in [0.4, 0.5) is 18.9 Å². The van der Waals surface area contributed by atoms with E-state index < -0.39 is 17.7 Å². The zero-order chi connectivity index (χ0) is 32.3. The number of hydrogen-bond acceptors (Lipinski definition) is 7. The van der Waals surface area contributed by atoms with Crippen molar-refractivity contribution in [2.75, 3.05) is 31.1 Å². The molecule has 46 heavy (non-hydrogen) atoms. The number of halogens is 3. The lowest BCUT2D eigenvalue weighted by atomic mass is 9.98. The van der Waals surface area contributed by atoms with Crippen molar-refractivity contribution in [1.82, 2.24) is 35.1 Å². The van der Waals surface area contributed by atoms with Crippen molar-refractivity contribution in [2.24, 2.45) is 0 Å². The van der Waals surface area contributed by atoms with Gasteiger partial charge >= 0.3 is 12.1 Å². The van der Waals surface area contributed by atoms with Gasteiger partial charge in [0.15, 0.2) is 5.69 Å². The number of aryl methyl sites for hydroxylation is 1. The van der Waals surface area contributed by atoms with Gasteiger partial charge in [0, 0.05) is 56.9 Å². The molecule has 0 atom stereocenters. The van der Waals surface area contributed by atoms with E-state index in [1.807, 2.05) is 60.4 Å². The third-order valence-corrected chi connectivity index (χ3v) is 8.20. The predicted molar refractivity (Wildman–Crippen MR) is 166 cm³/mol. The molecule has 3 aromatic carbocycles. The van der Waals surface area contributed by atoms with Crippen molar-refractivity contribution in [1.29, 1.82) is 0 Å². The van der Waals surface area contributed by atoms with Crippen molar-refractivity contribution in [3.8, 4) is 22.5 Å². The molecular weight excluding hydrogens is 597 g/mol. The first-order valence-electron chi connectivity index (χ1n) is 15.1. The average Bonchev–Trinajstić information content (AvgIpc) is 3.70. The molecule has 0 aliphatic carbocycles. The van der Waals surface area contributed by atoms with Gasteiger partial charge in [0.1, 0.15) is 5.82 Å². The average molecular weight is 631 g/mol. The van der Waals surface area contributed by atoms with Gasteiger partial charge in [0.05, 0.1) is 11.3 Å². The first kappa shape index (κ1) is 31.0. The molecule has 2 N–H and O–H groups in total. The van der Waals surface area contributed by atoms with E-state index in [0.717, 1.165) is 34.7 Å². The van der Waals surface area contributed by atoms with Crippen molar-refractivity contribution in [3.63, 3.8) is 0 Å². The van der Waals surface area contributed by atoms with Crippen LogP contribution in [0.1, 0.15) is 46.5 Å². The van der Waals surface area contributed by atoms with E-state index in [1.54, 1.807) is 10.6 Å². The summed E-state index contributed by atoms with van der Waals surface area (Å²) in [5.74, 6) is 0.167. The second kappa shape index (κ2) is 13.1. The van der Waals surface area contributed by atoms with Gasteiger partial charge in [-0.2, -0.15) is 18.4 Å². The number of tetrazole rings is 1. The molecule has 0 bridgehead atoms. The molecule has 6 rings (SSSR count). The molecule has 3 heterocycles. The maximum atomic E-state index is 13.2. The molecule has 2 aromatic heterocycles. The minimum atomic E-state index is -4.40. The largest absolute Gasteiger partial charge is 0.477 e. The van der Waals surface area contributed by atoms with Crippen molar-refractivity contribution in [2.45, 2.75) is 39.0 Å². The number of imidazole rings is 1. The standard InChI is InChI=1S/C33H33F3N8O2/c1-2-6-29-37-28(21-42-15-17-43(18-16-42)25-8-5-7-24(19-25)33(34,35)36)30(32(45)46)44(29)20-22-11-13-23(14-12-22)26-9-3-4-10-27(26)31-38-40-41-39-31/h3-5,7-14,19H,2,6,15-18,20-21H2,1H3,(H,45,46)(H,38,39,40,41). The van der Waals surface area contributed by atoms with Crippen molar-refractivity contribution >= 4 is 11.7 Å². The Bertz CT molecular complexity index is 1790. The van der Waals surface area contributed by atoms with Gasteiger partial charge in [-0.1, -0.05) is 61.5 Å². The number of carbonyl (C=O) groups is 1. The molecule has 0 radical (unpaired) electrons. The van der Waals surface area contributed by atoms with E-state index in [1.165, 1.54) is 12.1 Å². The minimum Gasteiger partial charge on any atom is -0.477 e. The molecule has 238 valence electrons. The van der Waals surface area contributed by atoms with E-state index in [4.69, 9.17) is 4.98 Å². The number of aromatic amines is 1. The number of H-pyrrole nitrogens is 1. The Hall–Kier alpha value is -5.04. The van der Waals surface area contributed by atoms with Crippen LogP contribution in [-0.4, -0.2) is 72.3 Å². The van der Waals surface area contributed by atoms with Crippen LogP contribution in [0.15, 0.2) is 72.8 Å². The summed E-state index contributed by atoms with van der Waals surface area (Å²) >= 11 is 0. The lowest BCUT2D eigenvalue weighted by Crippen LogP contribution is -2.46. The fourth-order valence-corrected chi connectivity index (χ4v) is 5.92. The van der Waals surface area contributed by atoms with E-state index >= 15 is 0 Å². The highest BCUT2D eigenvalue weighted by molar-refractivity contribution is 5.87.